The van der Waals surface area contributed by atoms with Crippen LogP contribution in [0.2, 0.25) is 0 Å². The predicted octanol–water partition coefficient (Wildman–Crippen LogP) is 1.57. The molecule has 0 saturated carbocycles. The number of sulfonamides is 1. The highest BCUT2D eigenvalue weighted by Crippen LogP contribution is 2.15. The van der Waals surface area contributed by atoms with Gasteiger partial charge in [0.2, 0.25) is 10.0 Å². The fraction of sp³-hybridized carbons (Fsp3) is 0.556. The molecule has 7 nitrogen and oxygen atoms in total. The van der Waals surface area contributed by atoms with Crippen LogP contribution in [0.3, 0.4) is 0 Å². The maximum Gasteiger partial charge on any atom is 0.214 e. The van der Waals surface area contributed by atoms with E-state index >= 15 is 0 Å². The van der Waals surface area contributed by atoms with E-state index in [1.165, 1.54) is 6.07 Å². The third-order valence-electron chi connectivity index (χ3n) is 4.50. The molecule has 1 aromatic carbocycles. The van der Waals surface area contributed by atoms with Crippen molar-refractivity contribution in [2.75, 3.05) is 25.9 Å². The van der Waals surface area contributed by atoms with Gasteiger partial charge in [-0.15, -0.1) is 0 Å². The molecule has 1 aromatic rings. The Morgan fingerprint density at radius 1 is 1.41 bits per heavy atom. The maximum atomic E-state index is 14.0. The minimum Gasteiger partial charge on any atom is -0.354 e. The summed E-state index contributed by atoms with van der Waals surface area (Å²) in [5.74, 6) is 0.282. The first-order chi connectivity index (χ1) is 12.9. The number of nitrogens with one attached hydrogen (secondary N) is 2. The molecule has 0 aromatic heterocycles. The van der Waals surface area contributed by atoms with E-state index in [9.17, 15) is 12.8 Å². The minimum absolute atomic E-state index is 0.107. The van der Waals surface area contributed by atoms with E-state index in [1.54, 1.807) is 23.5 Å². The molecule has 0 atom stereocenters. The van der Waals surface area contributed by atoms with Crippen LogP contribution in [-0.2, 0) is 16.6 Å². The summed E-state index contributed by atoms with van der Waals surface area (Å²) >= 11 is 0. The second-order valence-corrected chi connectivity index (χ2v) is 8.57. The molecule has 0 aliphatic carbocycles. The van der Waals surface area contributed by atoms with Gasteiger partial charge in [0.25, 0.3) is 0 Å². The highest BCUT2D eigenvalue weighted by atomic mass is 32.2. The Bertz CT molecular complexity index is 812. The lowest BCUT2D eigenvalue weighted by Gasteiger charge is -2.32. The number of aliphatic imine (C=N–C) groups is 1. The van der Waals surface area contributed by atoms with Crippen LogP contribution in [0.4, 0.5) is 4.39 Å². The Kier molecular flexibility index (Phi) is 7.56. The van der Waals surface area contributed by atoms with Crippen molar-refractivity contribution < 1.29 is 12.8 Å². The molecule has 1 aliphatic rings. The lowest BCUT2D eigenvalue weighted by Crippen LogP contribution is -2.49. The van der Waals surface area contributed by atoms with Crippen LogP contribution in [0, 0.1) is 17.1 Å². The van der Waals surface area contributed by atoms with Crippen molar-refractivity contribution >= 4 is 16.0 Å². The highest BCUT2D eigenvalue weighted by molar-refractivity contribution is 7.89. The first kappa shape index (κ1) is 21.1. The van der Waals surface area contributed by atoms with Crippen molar-refractivity contribution in [3.63, 3.8) is 0 Å². The van der Waals surface area contributed by atoms with E-state index in [4.69, 9.17) is 5.26 Å². The van der Waals surface area contributed by atoms with Crippen LogP contribution in [-0.4, -0.2) is 50.6 Å². The molecule has 27 heavy (non-hydrogen) atoms. The lowest BCUT2D eigenvalue weighted by molar-refractivity contribution is 0.306. The zero-order chi connectivity index (χ0) is 19.9. The number of nitrogens with zero attached hydrogens (tertiary/aromatic N) is 3. The van der Waals surface area contributed by atoms with Gasteiger partial charge in [0, 0.05) is 38.3 Å². The van der Waals surface area contributed by atoms with Gasteiger partial charge in [-0.3, -0.25) is 4.99 Å². The number of halogens is 1. The molecule has 148 valence electrons. The summed E-state index contributed by atoms with van der Waals surface area (Å²) in [7, 11) is -1.52. The Morgan fingerprint density at radius 3 is 2.67 bits per heavy atom. The zero-order valence-corrected chi connectivity index (χ0v) is 16.5. The fourth-order valence-corrected chi connectivity index (χ4v) is 4.53. The maximum absolute atomic E-state index is 14.0. The molecule has 9 heteroatoms. The van der Waals surface area contributed by atoms with Gasteiger partial charge in [-0.05, 0) is 31.4 Å². The van der Waals surface area contributed by atoms with Crippen molar-refractivity contribution in [3.8, 4) is 6.07 Å². The summed E-state index contributed by atoms with van der Waals surface area (Å²) in [4.78, 5) is 4.15. The molecule has 0 radical (unpaired) electrons. The van der Waals surface area contributed by atoms with Gasteiger partial charge in [0.1, 0.15) is 5.82 Å². The van der Waals surface area contributed by atoms with E-state index in [0.717, 1.165) is 0 Å². The third-order valence-corrected chi connectivity index (χ3v) is 6.58. The molecular weight excluding hydrogens is 369 g/mol. The first-order valence-electron chi connectivity index (χ1n) is 9.03. The number of piperidine rings is 1. The largest absolute Gasteiger partial charge is 0.354 e. The van der Waals surface area contributed by atoms with E-state index in [2.05, 4.69) is 15.6 Å². The van der Waals surface area contributed by atoms with Crippen LogP contribution < -0.4 is 10.6 Å². The Balaban J connectivity index is 1.85. The molecule has 1 fully saturated rings. The van der Waals surface area contributed by atoms with Crippen molar-refractivity contribution in [1.82, 2.24) is 14.9 Å². The molecule has 1 heterocycles. The second kappa shape index (κ2) is 9.67. The number of benzene rings is 1. The summed E-state index contributed by atoms with van der Waals surface area (Å²) < 4.78 is 39.7. The third kappa shape index (κ3) is 5.91. The lowest BCUT2D eigenvalue weighted by atomic mass is 10.1. The minimum atomic E-state index is -3.15. The van der Waals surface area contributed by atoms with Gasteiger partial charge in [0.15, 0.2) is 5.96 Å². The van der Waals surface area contributed by atoms with Crippen LogP contribution >= 0.6 is 0 Å². The van der Waals surface area contributed by atoms with Gasteiger partial charge in [0.05, 0.1) is 17.4 Å². The van der Waals surface area contributed by atoms with Crippen molar-refractivity contribution in [2.24, 2.45) is 4.99 Å². The molecule has 0 unspecified atom stereocenters. The molecule has 2 N–H and O–H groups in total. The average molecular weight is 396 g/mol. The fourth-order valence-electron chi connectivity index (χ4n) is 2.99. The zero-order valence-electron chi connectivity index (χ0n) is 15.7. The Hall–Kier alpha value is -2.18. The van der Waals surface area contributed by atoms with Gasteiger partial charge in [-0.2, -0.15) is 5.26 Å². The molecule has 2 rings (SSSR count). The molecule has 0 bridgehead atoms. The van der Waals surface area contributed by atoms with Gasteiger partial charge in [-0.1, -0.05) is 13.0 Å². The highest BCUT2D eigenvalue weighted by Gasteiger charge is 2.27. The van der Waals surface area contributed by atoms with E-state index < -0.39 is 15.8 Å². The summed E-state index contributed by atoms with van der Waals surface area (Å²) in [6.07, 6.45) is 1.99. The SMILES string of the molecule is CCCS(=O)(=O)N1CCC(NC(=NC)NCc2ccc(C#N)cc2F)CC1. The number of hydrogen-bond acceptors (Lipinski definition) is 4. The summed E-state index contributed by atoms with van der Waals surface area (Å²) in [6.45, 7) is 3.07. The summed E-state index contributed by atoms with van der Waals surface area (Å²) in [5, 5.41) is 15.1. The molecule has 0 spiro atoms. The smallest absolute Gasteiger partial charge is 0.214 e. The second-order valence-electron chi connectivity index (χ2n) is 6.48. The van der Waals surface area contributed by atoms with E-state index in [1.807, 2.05) is 13.0 Å². The van der Waals surface area contributed by atoms with E-state index in [0.29, 0.717) is 43.9 Å². The average Bonchev–Trinajstić information content (AvgIpc) is 2.66. The molecule has 1 saturated heterocycles. The number of guanidine groups is 1. The van der Waals surface area contributed by atoms with Crippen LogP contribution in [0.5, 0.6) is 0 Å². The summed E-state index contributed by atoms with van der Waals surface area (Å²) in [5.41, 5.74) is 0.723. The van der Waals surface area contributed by atoms with Crippen molar-refractivity contribution in [3.05, 3.63) is 35.1 Å². The Morgan fingerprint density at radius 2 is 2.11 bits per heavy atom. The molecular formula is C18H26FN5O2S. The monoisotopic (exact) mass is 395 g/mol. The van der Waals surface area contributed by atoms with Gasteiger partial charge < -0.3 is 10.6 Å². The normalized spacial score (nSPS) is 16.7. The number of rotatable bonds is 6. The van der Waals surface area contributed by atoms with Crippen molar-refractivity contribution in [1.29, 1.82) is 5.26 Å². The quantitative estimate of drug-likeness (QED) is 0.563. The van der Waals surface area contributed by atoms with Gasteiger partial charge in [-0.25, -0.2) is 17.1 Å². The van der Waals surface area contributed by atoms with Crippen molar-refractivity contribution in [2.45, 2.75) is 38.8 Å². The predicted molar refractivity (Wildman–Crippen MR) is 103 cm³/mol. The molecule has 0 amide bonds. The standard InChI is InChI=1S/C18H26FN5O2S/c1-3-10-27(25,26)24-8-6-16(7-9-24)23-18(21-2)22-13-15-5-4-14(12-20)11-17(15)19/h4-5,11,16H,3,6-10,13H2,1-2H3,(H2,21,22,23). The first-order valence-corrected chi connectivity index (χ1v) is 10.6. The van der Waals surface area contributed by atoms with Gasteiger partial charge >= 0.3 is 0 Å². The van der Waals surface area contributed by atoms with Crippen LogP contribution in [0.15, 0.2) is 23.2 Å². The summed E-state index contributed by atoms with van der Waals surface area (Å²) in [6, 6.07) is 6.37. The number of hydrogen-bond donors (Lipinski definition) is 2. The van der Waals surface area contributed by atoms with Crippen LogP contribution in [0.25, 0.3) is 0 Å². The topological polar surface area (TPSA) is 97.6 Å². The van der Waals surface area contributed by atoms with Crippen LogP contribution in [0.1, 0.15) is 37.3 Å². The Labute approximate surface area is 160 Å². The molecule has 1 aliphatic heterocycles. The number of nitriles is 1. The van der Waals surface area contributed by atoms with E-state index in [-0.39, 0.29) is 23.9 Å².